The molecule has 0 spiro atoms. The van der Waals surface area contributed by atoms with Gasteiger partial charge in [0.1, 0.15) is 12.0 Å². The van der Waals surface area contributed by atoms with Crippen LogP contribution >= 0.6 is 0 Å². The van der Waals surface area contributed by atoms with Gasteiger partial charge in [-0.15, -0.1) is 0 Å². The quantitative estimate of drug-likeness (QED) is 0.556. The normalized spacial score (nSPS) is 14.1. The Morgan fingerprint density at radius 2 is 2.33 bits per heavy atom. The van der Waals surface area contributed by atoms with Crippen LogP contribution in [-0.4, -0.2) is 12.9 Å². The Kier molecular flexibility index (Phi) is 3.38. The summed E-state index contributed by atoms with van der Waals surface area (Å²) in [6.45, 7) is 0.845. The maximum Gasteiger partial charge on any atom is 0.122 e. The Labute approximate surface area is 90.3 Å². The summed E-state index contributed by atoms with van der Waals surface area (Å²) in [7, 11) is 0. The van der Waals surface area contributed by atoms with Crippen molar-refractivity contribution in [3.05, 3.63) is 29.3 Å². The van der Waals surface area contributed by atoms with Crippen LogP contribution in [0.25, 0.3) is 0 Å². The Hall–Kier alpha value is -1.31. The van der Waals surface area contributed by atoms with E-state index in [2.05, 4.69) is 18.2 Å². The lowest BCUT2D eigenvalue weighted by atomic mass is 10.0. The number of hydrogen-bond acceptors (Lipinski definition) is 2. The van der Waals surface area contributed by atoms with Crippen molar-refractivity contribution in [3.8, 4) is 5.75 Å². The fourth-order valence-corrected chi connectivity index (χ4v) is 1.96. The summed E-state index contributed by atoms with van der Waals surface area (Å²) >= 11 is 0. The van der Waals surface area contributed by atoms with Crippen LogP contribution in [0, 0.1) is 0 Å². The van der Waals surface area contributed by atoms with Gasteiger partial charge in [-0.3, -0.25) is 0 Å². The van der Waals surface area contributed by atoms with Crippen LogP contribution in [0.15, 0.2) is 18.2 Å². The Bertz CT molecular complexity index is 344. The number of aldehydes is 1. The molecular formula is C13H16O2. The zero-order chi connectivity index (χ0) is 10.5. The van der Waals surface area contributed by atoms with E-state index in [9.17, 15) is 4.79 Å². The molecule has 0 atom stereocenters. The summed E-state index contributed by atoms with van der Waals surface area (Å²) in [6.07, 6.45) is 5.83. The first kappa shape index (κ1) is 10.2. The molecule has 1 heterocycles. The van der Waals surface area contributed by atoms with E-state index in [0.29, 0.717) is 6.42 Å². The van der Waals surface area contributed by atoms with E-state index >= 15 is 0 Å². The SMILES string of the molecule is O=CCCCc1ccc2c(c1)CCCO2. The van der Waals surface area contributed by atoms with Gasteiger partial charge in [0, 0.05) is 6.42 Å². The minimum absolute atomic E-state index is 0.660. The van der Waals surface area contributed by atoms with E-state index in [0.717, 1.165) is 44.3 Å². The van der Waals surface area contributed by atoms with E-state index < -0.39 is 0 Å². The minimum atomic E-state index is 0.660. The molecule has 0 unspecified atom stereocenters. The molecule has 2 nitrogen and oxygen atoms in total. The second-order valence-electron chi connectivity index (χ2n) is 3.95. The summed E-state index contributed by atoms with van der Waals surface area (Å²) in [5.74, 6) is 1.04. The minimum Gasteiger partial charge on any atom is -0.493 e. The maximum atomic E-state index is 10.2. The summed E-state index contributed by atoms with van der Waals surface area (Å²) < 4.78 is 5.55. The Morgan fingerprint density at radius 1 is 1.40 bits per heavy atom. The van der Waals surface area contributed by atoms with Crippen molar-refractivity contribution in [3.63, 3.8) is 0 Å². The third kappa shape index (κ3) is 2.58. The first-order chi connectivity index (χ1) is 7.40. The lowest BCUT2D eigenvalue weighted by molar-refractivity contribution is -0.107. The molecule has 0 N–H and O–H groups in total. The van der Waals surface area contributed by atoms with Gasteiger partial charge in [0.25, 0.3) is 0 Å². The number of carbonyl (C=O) groups excluding carboxylic acids is 1. The van der Waals surface area contributed by atoms with E-state index in [1.165, 1.54) is 11.1 Å². The van der Waals surface area contributed by atoms with E-state index in [1.54, 1.807) is 0 Å². The van der Waals surface area contributed by atoms with Gasteiger partial charge in [-0.1, -0.05) is 12.1 Å². The maximum absolute atomic E-state index is 10.2. The predicted octanol–water partition coefficient (Wildman–Crippen LogP) is 2.53. The highest BCUT2D eigenvalue weighted by atomic mass is 16.5. The van der Waals surface area contributed by atoms with Crippen LogP contribution in [0.5, 0.6) is 5.75 Å². The summed E-state index contributed by atoms with van der Waals surface area (Å²) in [5.41, 5.74) is 2.64. The average Bonchev–Trinajstić information content (AvgIpc) is 2.29. The van der Waals surface area contributed by atoms with Crippen LogP contribution in [0.3, 0.4) is 0 Å². The molecule has 0 amide bonds. The molecule has 2 rings (SSSR count). The standard InChI is InChI=1S/C13H16O2/c14-8-2-1-4-11-6-7-13-12(10-11)5-3-9-15-13/h6-8,10H,1-5,9H2. The number of benzene rings is 1. The monoisotopic (exact) mass is 204 g/mol. The highest BCUT2D eigenvalue weighted by Crippen LogP contribution is 2.25. The molecule has 0 bridgehead atoms. The fourth-order valence-electron chi connectivity index (χ4n) is 1.96. The molecule has 15 heavy (non-hydrogen) atoms. The highest BCUT2D eigenvalue weighted by Gasteiger charge is 2.09. The first-order valence-electron chi connectivity index (χ1n) is 5.58. The van der Waals surface area contributed by atoms with Gasteiger partial charge >= 0.3 is 0 Å². The first-order valence-corrected chi connectivity index (χ1v) is 5.58. The van der Waals surface area contributed by atoms with Gasteiger partial charge in [-0.05, 0) is 42.9 Å². The molecule has 0 saturated heterocycles. The second kappa shape index (κ2) is 4.96. The lowest BCUT2D eigenvalue weighted by Gasteiger charge is -2.17. The molecular weight excluding hydrogens is 188 g/mol. The number of aryl methyl sites for hydroxylation is 2. The molecule has 0 radical (unpaired) electrons. The Morgan fingerprint density at radius 3 is 3.20 bits per heavy atom. The molecule has 1 aromatic rings. The van der Waals surface area contributed by atoms with Crippen molar-refractivity contribution in [2.24, 2.45) is 0 Å². The molecule has 80 valence electrons. The Balaban J connectivity index is 2.03. The van der Waals surface area contributed by atoms with Crippen molar-refractivity contribution in [1.29, 1.82) is 0 Å². The molecule has 1 aliphatic rings. The van der Waals surface area contributed by atoms with Gasteiger partial charge in [0.2, 0.25) is 0 Å². The largest absolute Gasteiger partial charge is 0.493 e. The number of fused-ring (bicyclic) bond motifs is 1. The van der Waals surface area contributed by atoms with Crippen LogP contribution in [0.2, 0.25) is 0 Å². The van der Waals surface area contributed by atoms with E-state index in [-0.39, 0.29) is 0 Å². The van der Waals surface area contributed by atoms with Crippen molar-refractivity contribution in [2.75, 3.05) is 6.61 Å². The smallest absolute Gasteiger partial charge is 0.122 e. The van der Waals surface area contributed by atoms with Crippen molar-refractivity contribution in [1.82, 2.24) is 0 Å². The molecule has 0 aromatic heterocycles. The van der Waals surface area contributed by atoms with Gasteiger partial charge in [-0.2, -0.15) is 0 Å². The number of unbranched alkanes of at least 4 members (excludes halogenated alkanes) is 1. The van der Waals surface area contributed by atoms with E-state index in [1.807, 2.05) is 0 Å². The average molecular weight is 204 g/mol. The van der Waals surface area contributed by atoms with Crippen LogP contribution in [0.1, 0.15) is 30.4 Å². The van der Waals surface area contributed by atoms with Gasteiger partial charge in [0.05, 0.1) is 6.61 Å². The molecule has 0 saturated carbocycles. The molecule has 2 heteroatoms. The number of hydrogen-bond donors (Lipinski definition) is 0. The van der Waals surface area contributed by atoms with Gasteiger partial charge in [0.15, 0.2) is 0 Å². The second-order valence-corrected chi connectivity index (χ2v) is 3.95. The topological polar surface area (TPSA) is 26.3 Å². The van der Waals surface area contributed by atoms with Gasteiger partial charge < -0.3 is 9.53 Å². The zero-order valence-electron chi connectivity index (χ0n) is 8.87. The molecule has 1 aliphatic heterocycles. The van der Waals surface area contributed by atoms with Crippen molar-refractivity contribution in [2.45, 2.75) is 32.1 Å². The van der Waals surface area contributed by atoms with Crippen molar-refractivity contribution < 1.29 is 9.53 Å². The third-order valence-corrected chi connectivity index (χ3v) is 2.76. The third-order valence-electron chi connectivity index (χ3n) is 2.76. The highest BCUT2D eigenvalue weighted by molar-refractivity contribution is 5.49. The predicted molar refractivity (Wildman–Crippen MR) is 59.3 cm³/mol. The van der Waals surface area contributed by atoms with Crippen molar-refractivity contribution >= 4 is 6.29 Å². The molecule has 1 aromatic carbocycles. The van der Waals surface area contributed by atoms with Gasteiger partial charge in [-0.25, -0.2) is 0 Å². The molecule has 0 aliphatic carbocycles. The number of ether oxygens (including phenoxy) is 1. The summed E-state index contributed by atoms with van der Waals surface area (Å²) in [5, 5.41) is 0. The zero-order valence-corrected chi connectivity index (χ0v) is 8.87. The number of rotatable bonds is 4. The van der Waals surface area contributed by atoms with Crippen LogP contribution in [-0.2, 0) is 17.6 Å². The van der Waals surface area contributed by atoms with E-state index in [4.69, 9.17) is 4.74 Å². The summed E-state index contributed by atoms with van der Waals surface area (Å²) in [4.78, 5) is 10.2. The fraction of sp³-hybridized carbons (Fsp3) is 0.462. The van der Waals surface area contributed by atoms with Crippen LogP contribution < -0.4 is 4.74 Å². The molecule has 0 fully saturated rings. The number of carbonyl (C=O) groups is 1. The summed E-state index contributed by atoms with van der Waals surface area (Å²) in [6, 6.07) is 6.39. The van der Waals surface area contributed by atoms with Crippen LogP contribution in [0.4, 0.5) is 0 Å². The lowest BCUT2D eigenvalue weighted by Crippen LogP contribution is -2.08.